The van der Waals surface area contributed by atoms with Crippen molar-refractivity contribution in [1.29, 1.82) is 0 Å². The number of benzene rings is 1. The van der Waals surface area contributed by atoms with Crippen LogP contribution in [0.3, 0.4) is 0 Å². The molecule has 0 unspecified atom stereocenters. The standard InChI is InChI=1S/C26H29N5O4S/c1-14-20(24-30-17-8-4-5-9-19(17)36-24)23(31-25(28-14)27-12-16-7-6-10-33-16)29-18-11-15(13-32)21-22(18)35-26(2,3)34-21/h4-10,15,18,21-22,32H,11-13H2,1-3H3,(H2,27,28,29,31)/t15-,18-,21-,22+/m1/s1. The van der Waals surface area contributed by atoms with Crippen LogP contribution in [0, 0.1) is 12.8 Å². The monoisotopic (exact) mass is 507 g/mol. The molecule has 0 spiro atoms. The summed E-state index contributed by atoms with van der Waals surface area (Å²) in [5.74, 6) is 1.26. The maximum atomic E-state index is 10.0. The SMILES string of the molecule is Cc1nc(NCc2ccco2)nc(N[C@@H]2C[C@H](CO)[C@H]3OC(C)(C)O[C@H]32)c1-c1nc2ccccc2s1. The van der Waals surface area contributed by atoms with Crippen LogP contribution in [0.2, 0.25) is 0 Å². The quantitative estimate of drug-likeness (QED) is 0.331. The maximum Gasteiger partial charge on any atom is 0.225 e. The minimum Gasteiger partial charge on any atom is -0.467 e. The molecular formula is C26H29N5O4S. The number of nitrogens with one attached hydrogen (secondary N) is 2. The van der Waals surface area contributed by atoms with Crippen LogP contribution in [0.1, 0.15) is 31.7 Å². The molecule has 4 heterocycles. The largest absolute Gasteiger partial charge is 0.467 e. The number of thiazole rings is 1. The summed E-state index contributed by atoms with van der Waals surface area (Å²) in [4.78, 5) is 14.5. The molecule has 4 atom stereocenters. The van der Waals surface area contributed by atoms with Crippen molar-refractivity contribution < 1.29 is 19.0 Å². The molecule has 188 valence electrons. The summed E-state index contributed by atoms with van der Waals surface area (Å²) in [5, 5.41) is 17.8. The maximum absolute atomic E-state index is 10.0. The van der Waals surface area contributed by atoms with Crippen LogP contribution in [0.15, 0.2) is 47.1 Å². The van der Waals surface area contributed by atoms with Gasteiger partial charge in [0.2, 0.25) is 5.95 Å². The fraction of sp³-hybridized carbons (Fsp3) is 0.423. The Hall–Kier alpha value is -3.05. The second kappa shape index (κ2) is 9.11. The molecule has 3 aromatic heterocycles. The lowest BCUT2D eigenvalue weighted by Gasteiger charge is -2.25. The Kier molecular flexibility index (Phi) is 5.91. The van der Waals surface area contributed by atoms with E-state index in [4.69, 9.17) is 28.8 Å². The predicted octanol–water partition coefficient (Wildman–Crippen LogP) is 4.58. The molecule has 2 fully saturated rings. The highest BCUT2D eigenvalue weighted by molar-refractivity contribution is 7.21. The molecule has 10 heteroatoms. The average molecular weight is 508 g/mol. The Morgan fingerprint density at radius 2 is 1.92 bits per heavy atom. The fourth-order valence-electron chi connectivity index (χ4n) is 5.15. The number of hydrogen-bond donors (Lipinski definition) is 3. The molecule has 4 aromatic rings. The summed E-state index contributed by atoms with van der Waals surface area (Å²) in [6.45, 7) is 6.31. The highest BCUT2D eigenvalue weighted by Crippen LogP contribution is 2.44. The van der Waals surface area contributed by atoms with Crippen LogP contribution in [0.5, 0.6) is 0 Å². The average Bonchev–Trinajstić information content (AvgIpc) is 3.62. The lowest BCUT2D eigenvalue weighted by Crippen LogP contribution is -2.35. The highest BCUT2D eigenvalue weighted by atomic mass is 32.1. The summed E-state index contributed by atoms with van der Waals surface area (Å²) in [5.41, 5.74) is 2.62. The number of furan rings is 1. The minimum absolute atomic E-state index is 0.0142. The normalized spacial score (nSPS) is 24.8. The number of fused-ring (bicyclic) bond motifs is 2. The van der Waals surface area contributed by atoms with Gasteiger partial charge in [-0.05, 0) is 51.5 Å². The Morgan fingerprint density at radius 3 is 2.69 bits per heavy atom. The van der Waals surface area contributed by atoms with Crippen molar-refractivity contribution in [1.82, 2.24) is 15.0 Å². The smallest absolute Gasteiger partial charge is 0.225 e. The zero-order valence-electron chi connectivity index (χ0n) is 20.4. The van der Waals surface area contributed by atoms with Gasteiger partial charge in [-0.2, -0.15) is 4.98 Å². The van der Waals surface area contributed by atoms with Gasteiger partial charge < -0.3 is 29.6 Å². The van der Waals surface area contributed by atoms with E-state index in [1.54, 1.807) is 17.6 Å². The van der Waals surface area contributed by atoms with E-state index in [1.165, 1.54) is 0 Å². The van der Waals surface area contributed by atoms with Crippen molar-refractivity contribution in [2.75, 3.05) is 17.2 Å². The van der Waals surface area contributed by atoms with Crippen molar-refractivity contribution in [3.05, 3.63) is 54.1 Å². The van der Waals surface area contributed by atoms with Gasteiger partial charge in [0, 0.05) is 12.5 Å². The molecule has 6 rings (SSSR count). The lowest BCUT2D eigenvalue weighted by atomic mass is 10.1. The molecule has 1 aliphatic heterocycles. The van der Waals surface area contributed by atoms with Crippen LogP contribution in [-0.2, 0) is 16.0 Å². The summed E-state index contributed by atoms with van der Waals surface area (Å²) < 4.78 is 18.9. The van der Waals surface area contributed by atoms with Crippen LogP contribution in [-0.4, -0.2) is 50.7 Å². The molecule has 9 nitrogen and oxygen atoms in total. The number of aryl methyl sites for hydroxylation is 1. The topological polar surface area (TPSA) is 115 Å². The molecule has 3 N–H and O–H groups in total. The number of hydrogen-bond acceptors (Lipinski definition) is 10. The third kappa shape index (κ3) is 4.34. The molecule has 0 radical (unpaired) electrons. The first-order valence-corrected chi connectivity index (χ1v) is 13.0. The van der Waals surface area contributed by atoms with Crippen molar-refractivity contribution in [3.63, 3.8) is 0 Å². The predicted molar refractivity (Wildman–Crippen MR) is 138 cm³/mol. The number of rotatable bonds is 7. The Morgan fingerprint density at radius 1 is 1.08 bits per heavy atom. The zero-order chi connectivity index (χ0) is 24.9. The van der Waals surface area contributed by atoms with E-state index in [1.807, 2.05) is 51.1 Å². The molecule has 0 bridgehead atoms. The zero-order valence-corrected chi connectivity index (χ0v) is 21.2. The van der Waals surface area contributed by atoms with Gasteiger partial charge in [-0.3, -0.25) is 0 Å². The molecule has 1 saturated heterocycles. The lowest BCUT2D eigenvalue weighted by molar-refractivity contribution is -0.158. The Bertz CT molecular complexity index is 1340. The number of aliphatic hydroxyl groups is 1. The van der Waals surface area contributed by atoms with E-state index in [2.05, 4.69) is 16.7 Å². The summed E-state index contributed by atoms with van der Waals surface area (Å²) in [7, 11) is 0. The molecule has 1 aromatic carbocycles. The van der Waals surface area contributed by atoms with E-state index >= 15 is 0 Å². The van der Waals surface area contributed by atoms with Crippen LogP contribution in [0.4, 0.5) is 11.8 Å². The third-order valence-electron chi connectivity index (χ3n) is 6.74. The van der Waals surface area contributed by atoms with Gasteiger partial charge >= 0.3 is 0 Å². The number of anilines is 2. The van der Waals surface area contributed by atoms with Gasteiger partial charge in [0.1, 0.15) is 22.7 Å². The van der Waals surface area contributed by atoms with Crippen molar-refractivity contribution in [2.45, 2.75) is 57.8 Å². The van der Waals surface area contributed by atoms with Crippen molar-refractivity contribution in [2.24, 2.45) is 5.92 Å². The second-order valence-electron chi connectivity index (χ2n) is 9.77. The number of nitrogens with zero attached hydrogens (tertiary/aromatic N) is 3. The fourth-order valence-corrected chi connectivity index (χ4v) is 6.22. The van der Waals surface area contributed by atoms with E-state index in [9.17, 15) is 5.11 Å². The van der Waals surface area contributed by atoms with Gasteiger partial charge in [-0.25, -0.2) is 9.97 Å². The molecular weight excluding hydrogens is 478 g/mol. The molecule has 0 amide bonds. The molecule has 36 heavy (non-hydrogen) atoms. The van der Waals surface area contributed by atoms with E-state index in [0.717, 1.165) is 32.2 Å². The van der Waals surface area contributed by atoms with Gasteiger partial charge in [0.15, 0.2) is 5.79 Å². The van der Waals surface area contributed by atoms with E-state index < -0.39 is 5.79 Å². The third-order valence-corrected chi connectivity index (χ3v) is 7.79. The first-order valence-electron chi connectivity index (χ1n) is 12.1. The minimum atomic E-state index is -0.698. The van der Waals surface area contributed by atoms with Crippen LogP contribution < -0.4 is 10.6 Å². The summed E-state index contributed by atoms with van der Waals surface area (Å²) >= 11 is 1.62. The summed E-state index contributed by atoms with van der Waals surface area (Å²) in [6.07, 6.45) is 1.98. The summed E-state index contributed by atoms with van der Waals surface area (Å²) in [6, 6.07) is 11.8. The first kappa shape index (κ1) is 23.4. The van der Waals surface area contributed by atoms with E-state index in [0.29, 0.717) is 24.7 Å². The molecule has 1 saturated carbocycles. The number of para-hydroxylation sites is 1. The van der Waals surface area contributed by atoms with Crippen molar-refractivity contribution >= 4 is 33.3 Å². The number of ether oxygens (including phenoxy) is 2. The molecule has 1 aliphatic carbocycles. The van der Waals surface area contributed by atoms with Crippen molar-refractivity contribution in [3.8, 4) is 10.6 Å². The van der Waals surface area contributed by atoms with Crippen LogP contribution >= 0.6 is 11.3 Å². The first-order chi connectivity index (χ1) is 17.4. The van der Waals surface area contributed by atoms with Gasteiger partial charge in [0.05, 0.1) is 46.4 Å². The van der Waals surface area contributed by atoms with Crippen LogP contribution in [0.25, 0.3) is 20.8 Å². The highest BCUT2D eigenvalue weighted by Gasteiger charge is 2.54. The van der Waals surface area contributed by atoms with E-state index in [-0.39, 0.29) is 30.8 Å². The molecule has 2 aliphatic rings. The number of aromatic nitrogens is 3. The Labute approximate surface area is 212 Å². The Balaban J connectivity index is 1.37. The second-order valence-corrected chi connectivity index (χ2v) is 10.8. The van der Waals surface area contributed by atoms with Gasteiger partial charge in [0.25, 0.3) is 0 Å². The van der Waals surface area contributed by atoms with Gasteiger partial charge in [-0.1, -0.05) is 12.1 Å². The number of aliphatic hydroxyl groups excluding tert-OH is 1. The van der Waals surface area contributed by atoms with Gasteiger partial charge in [-0.15, -0.1) is 11.3 Å².